The van der Waals surface area contributed by atoms with E-state index in [0.29, 0.717) is 5.92 Å². The molecule has 1 fully saturated rings. The summed E-state index contributed by atoms with van der Waals surface area (Å²) >= 11 is 3.33. The van der Waals surface area contributed by atoms with Crippen LogP contribution in [0.25, 0.3) is 0 Å². The third-order valence-electron chi connectivity index (χ3n) is 4.83. The van der Waals surface area contributed by atoms with Crippen LogP contribution < -0.4 is 0 Å². The van der Waals surface area contributed by atoms with Gasteiger partial charge in [-0.25, -0.2) is 4.98 Å². The van der Waals surface area contributed by atoms with E-state index in [-0.39, 0.29) is 17.2 Å². The second-order valence-electron chi connectivity index (χ2n) is 6.66. The molecule has 0 N–H and O–H groups in total. The summed E-state index contributed by atoms with van der Waals surface area (Å²) in [6.45, 7) is 6.44. The number of piperidine rings is 1. The highest BCUT2D eigenvalue weighted by Gasteiger charge is 2.43. The van der Waals surface area contributed by atoms with Crippen molar-refractivity contribution < 1.29 is 4.79 Å². The lowest BCUT2D eigenvalue weighted by Gasteiger charge is -2.38. The van der Waals surface area contributed by atoms with Crippen molar-refractivity contribution >= 4 is 29.0 Å². The first-order valence-electron chi connectivity index (χ1n) is 8.61. The molecule has 0 saturated carbocycles. The van der Waals surface area contributed by atoms with Crippen LogP contribution in [0, 0.1) is 5.92 Å². The Kier molecular flexibility index (Phi) is 4.49. The highest BCUT2D eigenvalue weighted by molar-refractivity contribution is 8.01. The Hall–Kier alpha value is -1.18. The molecule has 0 spiro atoms. The number of carbonyl (C=O) groups excluding carboxylic acids is 1. The molecular weight excluding hydrogens is 340 g/mol. The number of likely N-dealkylation sites (tertiary alicyclic amines) is 1. The molecule has 4 rings (SSSR count). The van der Waals surface area contributed by atoms with Crippen molar-refractivity contribution in [3.8, 4) is 0 Å². The zero-order valence-corrected chi connectivity index (χ0v) is 15.6. The van der Waals surface area contributed by atoms with Crippen LogP contribution in [0.2, 0.25) is 0 Å². The van der Waals surface area contributed by atoms with Gasteiger partial charge in [0.25, 0.3) is 5.91 Å². The van der Waals surface area contributed by atoms with Gasteiger partial charge in [0, 0.05) is 17.8 Å². The number of hydrogen-bond acceptors (Lipinski definition) is 6. The lowest BCUT2D eigenvalue weighted by atomic mass is 9.97. The van der Waals surface area contributed by atoms with E-state index in [1.54, 1.807) is 23.1 Å². The maximum atomic E-state index is 13.0. The lowest BCUT2D eigenvalue weighted by molar-refractivity contribution is 0.0792. The van der Waals surface area contributed by atoms with E-state index >= 15 is 0 Å². The summed E-state index contributed by atoms with van der Waals surface area (Å²) in [7, 11) is 0. The van der Waals surface area contributed by atoms with Crippen molar-refractivity contribution in [3.05, 3.63) is 28.2 Å². The van der Waals surface area contributed by atoms with Gasteiger partial charge in [0.15, 0.2) is 11.0 Å². The normalized spacial score (nSPS) is 25.8. The minimum Gasteiger partial charge on any atom is -0.294 e. The number of fused-ring (bicyclic) bond motifs is 1. The summed E-state index contributed by atoms with van der Waals surface area (Å²) < 4.78 is 1.53. The van der Waals surface area contributed by atoms with Crippen LogP contribution >= 0.6 is 23.1 Å². The molecule has 2 aromatic heterocycles. The van der Waals surface area contributed by atoms with Crippen LogP contribution in [0.5, 0.6) is 0 Å². The largest absolute Gasteiger partial charge is 0.294 e. The average molecular weight is 363 g/mol. The molecule has 1 saturated heterocycles. The summed E-state index contributed by atoms with van der Waals surface area (Å²) in [6.07, 6.45) is 3.25. The Morgan fingerprint density at radius 2 is 2.33 bits per heavy atom. The van der Waals surface area contributed by atoms with Crippen LogP contribution in [-0.2, 0) is 6.42 Å². The molecule has 0 aromatic carbocycles. The van der Waals surface area contributed by atoms with Gasteiger partial charge in [-0.15, -0.1) is 16.4 Å². The Bertz CT molecular complexity index is 727. The molecule has 128 valence electrons. The van der Waals surface area contributed by atoms with Crippen LogP contribution in [-0.4, -0.2) is 43.9 Å². The minimum atomic E-state index is -0.144. The number of thioether (sulfide) groups is 1. The Morgan fingerprint density at radius 1 is 1.46 bits per heavy atom. The number of carbonyl (C=O) groups is 1. The fourth-order valence-corrected chi connectivity index (χ4v) is 5.90. The minimum absolute atomic E-state index is 0.0822. The van der Waals surface area contributed by atoms with Crippen LogP contribution in [0.4, 0.5) is 0 Å². The number of hydrogen-bond donors (Lipinski definition) is 0. The second kappa shape index (κ2) is 6.61. The molecule has 2 aliphatic rings. The molecule has 3 unspecified atom stereocenters. The number of aromatic nitrogens is 3. The van der Waals surface area contributed by atoms with Crippen molar-refractivity contribution in [3.63, 3.8) is 0 Å². The van der Waals surface area contributed by atoms with Crippen LogP contribution in [0.15, 0.2) is 22.7 Å². The summed E-state index contributed by atoms with van der Waals surface area (Å²) in [6, 6.07) is 4.36. The first-order valence-corrected chi connectivity index (χ1v) is 10.4. The van der Waals surface area contributed by atoms with Crippen LogP contribution in [0.3, 0.4) is 0 Å². The van der Waals surface area contributed by atoms with E-state index in [0.717, 1.165) is 30.5 Å². The maximum absolute atomic E-state index is 13.0. The van der Waals surface area contributed by atoms with Gasteiger partial charge >= 0.3 is 0 Å². The zero-order valence-electron chi connectivity index (χ0n) is 14.0. The first kappa shape index (κ1) is 16.3. The predicted molar refractivity (Wildman–Crippen MR) is 96.7 cm³/mol. The molecule has 5 nitrogen and oxygen atoms in total. The predicted octanol–water partition coefficient (Wildman–Crippen LogP) is 3.49. The maximum Gasteiger partial charge on any atom is 0.264 e. The van der Waals surface area contributed by atoms with Crippen molar-refractivity contribution in [1.82, 2.24) is 19.7 Å². The van der Waals surface area contributed by atoms with Gasteiger partial charge in [0.1, 0.15) is 5.25 Å². The number of nitrogens with zero attached hydrogens (tertiary/aromatic N) is 4. The highest BCUT2D eigenvalue weighted by atomic mass is 32.2. The number of rotatable bonds is 4. The van der Waals surface area contributed by atoms with Crippen molar-refractivity contribution in [1.29, 1.82) is 0 Å². The summed E-state index contributed by atoms with van der Waals surface area (Å²) in [5, 5.41) is 7.10. The standard InChI is InChI=1S/C17H22N4OS2/c1-3-13-18-17-21(19-13)16(22)15(24-17)14(12-7-5-9-23-12)20-8-4-6-11(2)10-20/h5,7,9,11,14-15H,3-4,6,8,10H2,1-2H3. The molecule has 4 heterocycles. The molecule has 3 atom stereocenters. The van der Waals surface area contributed by atoms with E-state index in [4.69, 9.17) is 0 Å². The molecule has 0 amide bonds. The van der Waals surface area contributed by atoms with Crippen molar-refractivity contribution in [2.75, 3.05) is 13.1 Å². The topological polar surface area (TPSA) is 51.0 Å². The fraction of sp³-hybridized carbons (Fsp3) is 0.588. The summed E-state index contributed by atoms with van der Waals surface area (Å²) in [4.78, 5) is 21.3. The molecule has 2 aromatic rings. The van der Waals surface area contributed by atoms with Gasteiger partial charge in [-0.05, 0) is 36.8 Å². The molecule has 7 heteroatoms. The summed E-state index contributed by atoms with van der Waals surface area (Å²) in [5.41, 5.74) is 0. The van der Waals surface area contributed by atoms with Gasteiger partial charge in [0.2, 0.25) is 0 Å². The summed E-state index contributed by atoms with van der Waals surface area (Å²) in [5.74, 6) is 1.52. The number of thiophene rings is 1. The van der Waals surface area contributed by atoms with E-state index in [9.17, 15) is 4.79 Å². The van der Waals surface area contributed by atoms with Gasteiger partial charge < -0.3 is 0 Å². The van der Waals surface area contributed by atoms with E-state index in [1.165, 1.54) is 22.4 Å². The van der Waals surface area contributed by atoms with E-state index < -0.39 is 0 Å². The van der Waals surface area contributed by atoms with Crippen molar-refractivity contribution in [2.24, 2.45) is 5.92 Å². The van der Waals surface area contributed by atoms with Gasteiger partial charge in [-0.3, -0.25) is 9.69 Å². The number of aryl methyl sites for hydroxylation is 1. The van der Waals surface area contributed by atoms with E-state index in [2.05, 4.69) is 39.4 Å². The second-order valence-corrected chi connectivity index (χ2v) is 8.74. The Morgan fingerprint density at radius 3 is 3.00 bits per heavy atom. The van der Waals surface area contributed by atoms with Crippen LogP contribution in [0.1, 0.15) is 48.2 Å². The molecule has 0 radical (unpaired) electrons. The smallest absolute Gasteiger partial charge is 0.264 e. The third kappa shape index (κ3) is 2.82. The fourth-order valence-electron chi connectivity index (χ4n) is 3.65. The van der Waals surface area contributed by atoms with Gasteiger partial charge in [-0.2, -0.15) is 4.68 Å². The molecule has 0 aliphatic carbocycles. The monoisotopic (exact) mass is 362 g/mol. The molecule has 24 heavy (non-hydrogen) atoms. The molecule has 2 aliphatic heterocycles. The molecular formula is C17H22N4OS2. The molecule has 0 bridgehead atoms. The first-order chi connectivity index (χ1) is 11.7. The van der Waals surface area contributed by atoms with Crippen molar-refractivity contribution in [2.45, 2.75) is 49.6 Å². The quantitative estimate of drug-likeness (QED) is 0.833. The zero-order chi connectivity index (χ0) is 16.7. The van der Waals surface area contributed by atoms with E-state index in [1.807, 2.05) is 6.92 Å². The SMILES string of the molecule is CCc1nc2n(n1)C(=O)C(C(c1cccs1)N1CCCC(C)C1)S2. The third-order valence-corrected chi connectivity index (χ3v) is 6.96. The average Bonchev–Trinajstić information content (AvgIpc) is 3.28. The Balaban J connectivity index is 1.65. The lowest BCUT2D eigenvalue weighted by Crippen LogP contribution is -2.43. The van der Waals surface area contributed by atoms with Gasteiger partial charge in [-0.1, -0.05) is 31.7 Å². The van der Waals surface area contributed by atoms with Gasteiger partial charge in [0.05, 0.1) is 6.04 Å². The highest BCUT2D eigenvalue weighted by Crippen LogP contribution is 2.43. The Labute approximate surface area is 150 Å².